The Morgan fingerprint density at radius 3 is 2.74 bits per heavy atom. The summed E-state index contributed by atoms with van der Waals surface area (Å²) in [7, 11) is 1.95. The minimum atomic E-state index is -0.00321. The van der Waals surface area contributed by atoms with Gasteiger partial charge in [0.15, 0.2) is 0 Å². The monoisotopic (exact) mass is 310 g/mol. The van der Waals surface area contributed by atoms with E-state index in [-0.39, 0.29) is 11.9 Å². The Bertz CT molecular complexity index is 679. The van der Waals surface area contributed by atoms with Crippen LogP contribution >= 0.6 is 0 Å². The number of carbonyl (C=O) groups is 1. The summed E-state index contributed by atoms with van der Waals surface area (Å²) in [5, 5.41) is 4.29. The Balaban J connectivity index is 1.84. The molecule has 0 bridgehead atoms. The molecule has 5 nitrogen and oxygen atoms in total. The number of nitrogens with zero attached hydrogens (tertiary/aromatic N) is 4. The van der Waals surface area contributed by atoms with Crippen LogP contribution in [-0.2, 0) is 18.4 Å². The molecule has 1 aliphatic heterocycles. The maximum atomic E-state index is 12.0. The second-order valence-electron chi connectivity index (χ2n) is 5.84. The SMILES string of the molecule is C=CC(=O)N1CCN(Cc2ccccc2)C(c2ccnn2C)C1. The third-order valence-corrected chi connectivity index (χ3v) is 4.41. The van der Waals surface area contributed by atoms with Crippen molar-refractivity contribution < 1.29 is 4.79 Å². The molecule has 3 rings (SSSR count). The highest BCUT2D eigenvalue weighted by Gasteiger charge is 2.31. The van der Waals surface area contributed by atoms with Crippen molar-refractivity contribution in [2.75, 3.05) is 19.6 Å². The Kier molecular flexibility index (Phi) is 4.57. The fourth-order valence-corrected chi connectivity index (χ4v) is 3.15. The van der Waals surface area contributed by atoms with Crippen molar-refractivity contribution in [1.29, 1.82) is 0 Å². The van der Waals surface area contributed by atoms with Crippen molar-refractivity contribution in [3.8, 4) is 0 Å². The van der Waals surface area contributed by atoms with Gasteiger partial charge in [0.2, 0.25) is 5.91 Å². The summed E-state index contributed by atoms with van der Waals surface area (Å²) in [5.41, 5.74) is 2.41. The second-order valence-corrected chi connectivity index (χ2v) is 5.84. The minimum absolute atomic E-state index is 0.00321. The third kappa shape index (κ3) is 3.35. The topological polar surface area (TPSA) is 41.4 Å². The molecule has 5 heteroatoms. The Morgan fingerprint density at radius 1 is 1.30 bits per heavy atom. The molecule has 0 aliphatic carbocycles. The van der Waals surface area contributed by atoms with Gasteiger partial charge in [-0.15, -0.1) is 0 Å². The molecule has 1 atom stereocenters. The van der Waals surface area contributed by atoms with Crippen molar-refractivity contribution in [1.82, 2.24) is 19.6 Å². The molecule has 1 unspecified atom stereocenters. The fraction of sp³-hybridized carbons (Fsp3) is 0.333. The zero-order chi connectivity index (χ0) is 16.2. The number of aryl methyl sites for hydroxylation is 1. The van der Waals surface area contributed by atoms with Gasteiger partial charge < -0.3 is 4.90 Å². The van der Waals surface area contributed by atoms with Crippen LogP contribution in [0.25, 0.3) is 0 Å². The van der Waals surface area contributed by atoms with Gasteiger partial charge in [0.1, 0.15) is 0 Å². The van der Waals surface area contributed by atoms with Crippen LogP contribution in [0.2, 0.25) is 0 Å². The molecule has 2 aromatic rings. The molecule has 1 fully saturated rings. The highest BCUT2D eigenvalue weighted by molar-refractivity contribution is 5.87. The van der Waals surface area contributed by atoms with Gasteiger partial charge in [-0.25, -0.2) is 0 Å². The molecular formula is C18H22N4O. The van der Waals surface area contributed by atoms with E-state index < -0.39 is 0 Å². The highest BCUT2D eigenvalue weighted by atomic mass is 16.2. The smallest absolute Gasteiger partial charge is 0.246 e. The van der Waals surface area contributed by atoms with E-state index in [2.05, 4.69) is 40.8 Å². The summed E-state index contributed by atoms with van der Waals surface area (Å²) in [6.45, 7) is 6.70. The van der Waals surface area contributed by atoms with Gasteiger partial charge >= 0.3 is 0 Å². The molecule has 1 aromatic heterocycles. The standard InChI is InChI=1S/C18H22N4O/c1-3-18(23)22-12-11-21(13-15-7-5-4-6-8-15)17(14-22)16-9-10-19-20(16)2/h3-10,17H,1,11-14H2,2H3. The van der Waals surface area contributed by atoms with Crippen LogP contribution in [0.15, 0.2) is 55.3 Å². The molecule has 1 amide bonds. The van der Waals surface area contributed by atoms with E-state index >= 15 is 0 Å². The summed E-state index contributed by atoms with van der Waals surface area (Å²) in [4.78, 5) is 16.3. The zero-order valence-corrected chi connectivity index (χ0v) is 13.4. The van der Waals surface area contributed by atoms with Crippen LogP contribution < -0.4 is 0 Å². The second kappa shape index (κ2) is 6.79. The van der Waals surface area contributed by atoms with Gasteiger partial charge in [-0.3, -0.25) is 14.4 Å². The Morgan fingerprint density at radius 2 is 2.09 bits per heavy atom. The average molecular weight is 310 g/mol. The number of carbonyl (C=O) groups excluding carboxylic acids is 1. The van der Waals surface area contributed by atoms with E-state index in [1.165, 1.54) is 11.6 Å². The van der Waals surface area contributed by atoms with Crippen molar-refractivity contribution in [3.63, 3.8) is 0 Å². The van der Waals surface area contributed by atoms with Crippen molar-refractivity contribution in [3.05, 3.63) is 66.5 Å². The van der Waals surface area contributed by atoms with E-state index in [0.29, 0.717) is 6.54 Å². The quantitative estimate of drug-likeness (QED) is 0.811. The van der Waals surface area contributed by atoms with Crippen LogP contribution in [0.3, 0.4) is 0 Å². The molecule has 1 aromatic carbocycles. The predicted molar refractivity (Wildman–Crippen MR) is 89.6 cm³/mol. The van der Waals surface area contributed by atoms with Gasteiger partial charge in [-0.2, -0.15) is 5.10 Å². The lowest BCUT2D eigenvalue weighted by atomic mass is 10.1. The molecule has 2 heterocycles. The van der Waals surface area contributed by atoms with Gasteiger partial charge in [-0.05, 0) is 17.7 Å². The fourth-order valence-electron chi connectivity index (χ4n) is 3.15. The number of amides is 1. The summed E-state index contributed by atoms with van der Waals surface area (Å²) in [6.07, 6.45) is 3.21. The highest BCUT2D eigenvalue weighted by Crippen LogP contribution is 2.26. The first kappa shape index (κ1) is 15.5. The van der Waals surface area contributed by atoms with Crippen LogP contribution in [0.1, 0.15) is 17.3 Å². The average Bonchev–Trinajstić information content (AvgIpc) is 3.01. The number of piperazine rings is 1. The summed E-state index contributed by atoms with van der Waals surface area (Å²) >= 11 is 0. The number of aromatic nitrogens is 2. The van der Waals surface area contributed by atoms with Crippen molar-refractivity contribution in [2.45, 2.75) is 12.6 Å². The zero-order valence-electron chi connectivity index (χ0n) is 13.4. The van der Waals surface area contributed by atoms with Gasteiger partial charge in [0.25, 0.3) is 0 Å². The molecule has 1 saturated heterocycles. The van der Waals surface area contributed by atoms with E-state index in [4.69, 9.17) is 0 Å². The van der Waals surface area contributed by atoms with E-state index in [1.807, 2.05) is 35.0 Å². The van der Waals surface area contributed by atoms with E-state index in [9.17, 15) is 4.79 Å². The van der Waals surface area contributed by atoms with Crippen LogP contribution in [0.4, 0.5) is 0 Å². The molecule has 0 N–H and O–H groups in total. The predicted octanol–water partition coefficient (Wildman–Crippen LogP) is 1.99. The lowest BCUT2D eigenvalue weighted by Gasteiger charge is -2.41. The third-order valence-electron chi connectivity index (χ3n) is 4.41. The largest absolute Gasteiger partial charge is 0.336 e. The molecule has 0 spiro atoms. The number of rotatable bonds is 4. The lowest BCUT2D eigenvalue weighted by molar-refractivity contribution is -0.129. The summed E-state index contributed by atoms with van der Waals surface area (Å²) in [5.74, 6) is -0.00321. The number of hydrogen-bond acceptors (Lipinski definition) is 3. The molecule has 1 aliphatic rings. The van der Waals surface area contributed by atoms with Gasteiger partial charge in [-0.1, -0.05) is 36.9 Å². The maximum absolute atomic E-state index is 12.0. The van der Waals surface area contributed by atoms with Crippen molar-refractivity contribution >= 4 is 5.91 Å². The molecule has 0 radical (unpaired) electrons. The number of benzene rings is 1. The molecule has 120 valence electrons. The summed E-state index contributed by atoms with van der Waals surface area (Å²) < 4.78 is 1.89. The van der Waals surface area contributed by atoms with Crippen LogP contribution in [0.5, 0.6) is 0 Å². The normalized spacial score (nSPS) is 18.8. The molecule has 23 heavy (non-hydrogen) atoms. The molecular weight excluding hydrogens is 288 g/mol. The maximum Gasteiger partial charge on any atom is 0.246 e. The van der Waals surface area contributed by atoms with E-state index in [0.717, 1.165) is 25.3 Å². The van der Waals surface area contributed by atoms with E-state index in [1.54, 1.807) is 0 Å². The summed E-state index contributed by atoms with van der Waals surface area (Å²) in [6, 6.07) is 12.6. The van der Waals surface area contributed by atoms with Crippen LogP contribution in [0, 0.1) is 0 Å². The Labute approximate surface area is 136 Å². The minimum Gasteiger partial charge on any atom is -0.336 e. The van der Waals surface area contributed by atoms with Crippen molar-refractivity contribution in [2.24, 2.45) is 7.05 Å². The first-order chi connectivity index (χ1) is 11.2. The Hall–Kier alpha value is -2.40. The first-order valence-corrected chi connectivity index (χ1v) is 7.86. The first-order valence-electron chi connectivity index (χ1n) is 7.86. The molecule has 0 saturated carbocycles. The lowest BCUT2D eigenvalue weighted by Crippen LogP contribution is -2.50. The van der Waals surface area contributed by atoms with Gasteiger partial charge in [0.05, 0.1) is 11.7 Å². The number of hydrogen-bond donors (Lipinski definition) is 0. The van der Waals surface area contributed by atoms with Crippen LogP contribution in [-0.4, -0.2) is 45.1 Å². The van der Waals surface area contributed by atoms with Gasteiger partial charge in [0, 0.05) is 39.4 Å².